The summed E-state index contributed by atoms with van der Waals surface area (Å²) in [7, 11) is 0. The van der Waals surface area contributed by atoms with Gasteiger partial charge in [0.25, 0.3) is 0 Å². The molecule has 1 aliphatic heterocycles. The second kappa shape index (κ2) is 9.85. The number of carboxylic acids is 1. The van der Waals surface area contributed by atoms with Crippen LogP contribution < -0.4 is 5.32 Å². The standard InChI is InChI=1S/C25H30N2O5/c1-25(2,3)32-24(31)26-20(22(28)27-15-7-10-21(27)23(29)30)16-17-11-13-19(14-12-17)18-8-5-4-6-9-18/h4-6,8-9,11-14,20-21H,7,10,15-16H2,1-3H3,(H,26,31)(H,29,30). The van der Waals surface area contributed by atoms with Crippen molar-refractivity contribution >= 4 is 18.0 Å². The van der Waals surface area contributed by atoms with Crippen molar-refractivity contribution in [3.8, 4) is 11.1 Å². The first-order valence-corrected chi connectivity index (χ1v) is 10.8. The van der Waals surface area contributed by atoms with Crippen LogP contribution in [-0.4, -0.2) is 52.2 Å². The molecule has 1 saturated heterocycles. The molecule has 1 fully saturated rings. The number of hydrogen-bond acceptors (Lipinski definition) is 4. The van der Waals surface area contributed by atoms with Gasteiger partial charge in [0, 0.05) is 13.0 Å². The van der Waals surface area contributed by atoms with Crippen LogP contribution >= 0.6 is 0 Å². The minimum atomic E-state index is -1.03. The number of rotatable bonds is 6. The second-order valence-electron chi connectivity index (χ2n) is 8.99. The fourth-order valence-electron chi connectivity index (χ4n) is 3.84. The van der Waals surface area contributed by atoms with E-state index < -0.39 is 35.7 Å². The van der Waals surface area contributed by atoms with Crippen molar-refractivity contribution in [2.24, 2.45) is 0 Å². The molecule has 2 unspecified atom stereocenters. The molecule has 2 aromatic carbocycles. The average Bonchev–Trinajstić information content (AvgIpc) is 3.23. The van der Waals surface area contributed by atoms with E-state index in [4.69, 9.17) is 4.74 Å². The molecule has 2 N–H and O–H groups in total. The lowest BCUT2D eigenvalue weighted by atomic mass is 10.00. The molecular weight excluding hydrogens is 408 g/mol. The van der Waals surface area contributed by atoms with Crippen LogP contribution in [0.3, 0.4) is 0 Å². The topological polar surface area (TPSA) is 95.9 Å². The van der Waals surface area contributed by atoms with E-state index in [0.717, 1.165) is 16.7 Å². The number of benzene rings is 2. The van der Waals surface area contributed by atoms with Gasteiger partial charge >= 0.3 is 12.1 Å². The van der Waals surface area contributed by atoms with Gasteiger partial charge in [0.2, 0.25) is 5.91 Å². The number of ether oxygens (including phenoxy) is 1. The van der Waals surface area contributed by atoms with E-state index in [1.54, 1.807) is 20.8 Å². The summed E-state index contributed by atoms with van der Waals surface area (Å²) in [6.07, 6.45) is 0.554. The number of carbonyl (C=O) groups is 3. The molecule has 2 aromatic rings. The molecule has 2 atom stereocenters. The molecule has 1 aliphatic rings. The Balaban J connectivity index is 1.79. The Morgan fingerprint density at radius 3 is 2.28 bits per heavy atom. The van der Waals surface area contributed by atoms with E-state index in [1.165, 1.54) is 4.90 Å². The van der Waals surface area contributed by atoms with Crippen LogP contribution in [0.2, 0.25) is 0 Å². The normalized spacial score (nSPS) is 17.0. The fraction of sp³-hybridized carbons (Fsp3) is 0.400. The van der Waals surface area contributed by atoms with E-state index >= 15 is 0 Å². The first-order valence-electron chi connectivity index (χ1n) is 10.8. The van der Waals surface area contributed by atoms with Crippen LogP contribution in [0.15, 0.2) is 54.6 Å². The summed E-state index contributed by atoms with van der Waals surface area (Å²) in [5.41, 5.74) is 2.26. The van der Waals surface area contributed by atoms with E-state index in [1.807, 2.05) is 54.6 Å². The summed E-state index contributed by atoms with van der Waals surface area (Å²) in [6.45, 7) is 5.58. The molecule has 1 heterocycles. The third-order valence-corrected chi connectivity index (χ3v) is 5.31. The molecule has 32 heavy (non-hydrogen) atoms. The second-order valence-corrected chi connectivity index (χ2v) is 8.99. The SMILES string of the molecule is CC(C)(C)OC(=O)NC(Cc1ccc(-c2ccccc2)cc1)C(=O)N1CCCC1C(=O)O. The molecular formula is C25H30N2O5. The quantitative estimate of drug-likeness (QED) is 0.714. The summed E-state index contributed by atoms with van der Waals surface area (Å²) in [5, 5.41) is 12.1. The Morgan fingerprint density at radius 1 is 1.06 bits per heavy atom. The monoisotopic (exact) mass is 438 g/mol. The highest BCUT2D eigenvalue weighted by Gasteiger charge is 2.38. The van der Waals surface area contributed by atoms with Crippen LogP contribution in [0.4, 0.5) is 4.79 Å². The zero-order valence-electron chi connectivity index (χ0n) is 18.7. The number of likely N-dealkylation sites (tertiary alicyclic amines) is 1. The average molecular weight is 439 g/mol. The van der Waals surface area contributed by atoms with Gasteiger partial charge in [-0.15, -0.1) is 0 Å². The third kappa shape index (κ3) is 6.09. The van der Waals surface area contributed by atoms with Gasteiger partial charge in [-0.25, -0.2) is 9.59 Å². The van der Waals surface area contributed by atoms with Crippen LogP contribution in [0.25, 0.3) is 11.1 Å². The van der Waals surface area contributed by atoms with Crippen LogP contribution in [-0.2, 0) is 20.7 Å². The molecule has 7 heteroatoms. The highest BCUT2D eigenvalue weighted by molar-refractivity contribution is 5.90. The molecule has 0 bridgehead atoms. The summed E-state index contributed by atoms with van der Waals surface area (Å²) in [4.78, 5) is 38.6. The minimum Gasteiger partial charge on any atom is -0.480 e. The summed E-state index contributed by atoms with van der Waals surface area (Å²) < 4.78 is 5.33. The lowest BCUT2D eigenvalue weighted by Gasteiger charge is -2.28. The smallest absolute Gasteiger partial charge is 0.408 e. The zero-order chi connectivity index (χ0) is 23.3. The van der Waals surface area contributed by atoms with E-state index in [9.17, 15) is 19.5 Å². The predicted molar refractivity (Wildman–Crippen MR) is 121 cm³/mol. The number of aliphatic carboxylic acids is 1. The van der Waals surface area contributed by atoms with Crippen molar-refractivity contribution in [3.63, 3.8) is 0 Å². The molecule has 3 rings (SSSR count). The van der Waals surface area contributed by atoms with Crippen molar-refractivity contribution in [1.82, 2.24) is 10.2 Å². The maximum atomic E-state index is 13.2. The molecule has 170 valence electrons. The van der Waals surface area contributed by atoms with Gasteiger partial charge in [-0.1, -0.05) is 54.6 Å². The van der Waals surface area contributed by atoms with Crippen LogP contribution in [0.1, 0.15) is 39.2 Å². The van der Waals surface area contributed by atoms with Gasteiger partial charge in [-0.2, -0.15) is 0 Å². The fourth-order valence-corrected chi connectivity index (χ4v) is 3.84. The largest absolute Gasteiger partial charge is 0.480 e. The van der Waals surface area contributed by atoms with Gasteiger partial charge in [0.05, 0.1) is 0 Å². The molecule has 0 saturated carbocycles. The Kier molecular flexibility index (Phi) is 7.18. The number of carbonyl (C=O) groups excluding carboxylic acids is 2. The van der Waals surface area contributed by atoms with Crippen molar-refractivity contribution in [1.29, 1.82) is 0 Å². The summed E-state index contributed by atoms with van der Waals surface area (Å²) in [5.74, 6) is -1.44. The predicted octanol–water partition coefficient (Wildman–Crippen LogP) is 3.87. The first-order chi connectivity index (χ1) is 15.1. The molecule has 7 nitrogen and oxygen atoms in total. The van der Waals surface area contributed by atoms with Crippen molar-refractivity contribution in [2.75, 3.05) is 6.54 Å². The zero-order valence-corrected chi connectivity index (χ0v) is 18.7. The maximum Gasteiger partial charge on any atom is 0.408 e. The highest BCUT2D eigenvalue weighted by Crippen LogP contribution is 2.22. The Bertz CT molecular complexity index is 951. The minimum absolute atomic E-state index is 0.232. The van der Waals surface area contributed by atoms with E-state index in [2.05, 4.69) is 5.32 Å². The lowest BCUT2D eigenvalue weighted by molar-refractivity contribution is -0.149. The summed E-state index contributed by atoms with van der Waals surface area (Å²) in [6, 6.07) is 15.9. The van der Waals surface area contributed by atoms with Gasteiger partial charge in [-0.05, 0) is 50.3 Å². The van der Waals surface area contributed by atoms with Crippen LogP contribution in [0.5, 0.6) is 0 Å². The van der Waals surface area contributed by atoms with E-state index in [-0.39, 0.29) is 6.42 Å². The van der Waals surface area contributed by atoms with E-state index in [0.29, 0.717) is 19.4 Å². The summed E-state index contributed by atoms with van der Waals surface area (Å²) >= 11 is 0. The number of hydrogen-bond donors (Lipinski definition) is 2. The number of alkyl carbamates (subject to hydrolysis) is 1. The molecule has 0 spiro atoms. The number of nitrogens with zero attached hydrogens (tertiary/aromatic N) is 1. The Labute approximate surface area is 188 Å². The van der Waals surface area contributed by atoms with Crippen molar-refractivity contribution in [3.05, 3.63) is 60.2 Å². The van der Waals surface area contributed by atoms with Gasteiger partial charge < -0.3 is 20.1 Å². The van der Waals surface area contributed by atoms with Gasteiger partial charge in [-0.3, -0.25) is 4.79 Å². The molecule has 0 radical (unpaired) electrons. The maximum absolute atomic E-state index is 13.2. The number of amides is 2. The number of nitrogens with one attached hydrogen (secondary N) is 1. The first kappa shape index (κ1) is 23.3. The Morgan fingerprint density at radius 2 is 1.69 bits per heavy atom. The highest BCUT2D eigenvalue weighted by atomic mass is 16.6. The molecule has 0 aliphatic carbocycles. The van der Waals surface area contributed by atoms with Gasteiger partial charge in [0.1, 0.15) is 17.7 Å². The lowest BCUT2D eigenvalue weighted by Crippen LogP contribution is -2.53. The molecule has 2 amide bonds. The Hall–Kier alpha value is -3.35. The third-order valence-electron chi connectivity index (χ3n) is 5.31. The van der Waals surface area contributed by atoms with Crippen molar-refractivity contribution < 1.29 is 24.2 Å². The number of carboxylic acid groups (broad SMARTS) is 1. The molecule has 0 aromatic heterocycles. The van der Waals surface area contributed by atoms with Gasteiger partial charge in [0.15, 0.2) is 0 Å². The van der Waals surface area contributed by atoms with Crippen molar-refractivity contribution in [2.45, 2.75) is 57.7 Å². The van der Waals surface area contributed by atoms with Crippen LogP contribution in [0, 0.1) is 0 Å².